The Morgan fingerprint density at radius 1 is 1.39 bits per heavy atom. The van der Waals surface area contributed by atoms with Crippen molar-refractivity contribution >= 4 is 27.6 Å². The van der Waals surface area contributed by atoms with Gasteiger partial charge in [0, 0.05) is 4.47 Å². The number of esters is 1. The molecule has 0 amide bonds. The van der Waals surface area contributed by atoms with Crippen molar-refractivity contribution in [3.8, 4) is 0 Å². The van der Waals surface area contributed by atoms with Crippen LogP contribution in [-0.4, -0.2) is 18.8 Å². The van der Waals surface area contributed by atoms with E-state index in [1.54, 1.807) is 0 Å². The molecule has 0 radical (unpaired) electrons. The second kappa shape index (κ2) is 5.55. The van der Waals surface area contributed by atoms with Crippen LogP contribution in [0.1, 0.15) is 16.8 Å². The Morgan fingerprint density at radius 3 is 2.56 bits per heavy atom. The number of anilines is 1. The fourth-order valence-electron chi connectivity index (χ4n) is 1.06. The number of carbonyl (C=O) groups is 1. The van der Waals surface area contributed by atoms with E-state index < -0.39 is 31.0 Å². The highest BCUT2D eigenvalue weighted by atomic mass is 79.9. The molecule has 0 aliphatic carbocycles. The van der Waals surface area contributed by atoms with Crippen molar-refractivity contribution in [3.05, 3.63) is 28.0 Å². The predicted octanol–water partition coefficient (Wildman–Crippen LogP) is 3.28. The molecule has 0 spiro atoms. The largest absolute Gasteiger partial charge is 0.462 e. The van der Waals surface area contributed by atoms with Gasteiger partial charge in [0.25, 0.3) is 0 Å². The number of hydrogen-bond donors (Lipinski definition) is 1. The molecule has 0 aromatic heterocycles. The maximum Gasteiger partial charge on any atom is 0.392 e. The normalized spacial score (nSPS) is 11.4. The van der Waals surface area contributed by atoms with Gasteiger partial charge in [0.15, 0.2) is 0 Å². The van der Waals surface area contributed by atoms with E-state index in [9.17, 15) is 22.4 Å². The van der Waals surface area contributed by atoms with Gasteiger partial charge in [0.05, 0.1) is 17.7 Å². The van der Waals surface area contributed by atoms with Crippen LogP contribution >= 0.6 is 15.9 Å². The highest BCUT2D eigenvalue weighted by molar-refractivity contribution is 9.10. The highest BCUT2D eigenvalue weighted by Crippen LogP contribution is 2.24. The minimum atomic E-state index is -4.40. The first kappa shape index (κ1) is 14.7. The van der Waals surface area contributed by atoms with Gasteiger partial charge < -0.3 is 10.5 Å². The van der Waals surface area contributed by atoms with Crippen LogP contribution in [-0.2, 0) is 4.74 Å². The summed E-state index contributed by atoms with van der Waals surface area (Å²) in [4.78, 5) is 11.4. The molecule has 0 atom stereocenters. The van der Waals surface area contributed by atoms with Gasteiger partial charge in [-0.1, -0.05) is 0 Å². The van der Waals surface area contributed by atoms with E-state index in [2.05, 4.69) is 20.7 Å². The van der Waals surface area contributed by atoms with Gasteiger partial charge in [0.1, 0.15) is 12.4 Å². The molecule has 0 aliphatic heterocycles. The zero-order chi connectivity index (χ0) is 13.9. The van der Waals surface area contributed by atoms with E-state index in [0.29, 0.717) is 0 Å². The van der Waals surface area contributed by atoms with Crippen LogP contribution in [0.15, 0.2) is 16.6 Å². The quantitative estimate of drug-likeness (QED) is 0.526. The van der Waals surface area contributed by atoms with Crippen LogP contribution in [0.4, 0.5) is 23.2 Å². The molecule has 0 saturated heterocycles. The Kier molecular flexibility index (Phi) is 4.55. The molecule has 8 heteroatoms. The smallest absolute Gasteiger partial charge is 0.392 e. The first-order valence-corrected chi connectivity index (χ1v) is 5.48. The number of halogens is 5. The lowest BCUT2D eigenvalue weighted by Crippen LogP contribution is -2.15. The van der Waals surface area contributed by atoms with Crippen LogP contribution in [0.2, 0.25) is 0 Å². The van der Waals surface area contributed by atoms with Gasteiger partial charge >= 0.3 is 12.1 Å². The molecular weight excluding hydrogens is 322 g/mol. The van der Waals surface area contributed by atoms with E-state index in [0.717, 1.165) is 12.1 Å². The monoisotopic (exact) mass is 329 g/mol. The molecule has 1 aromatic rings. The van der Waals surface area contributed by atoms with Crippen molar-refractivity contribution in [2.24, 2.45) is 0 Å². The van der Waals surface area contributed by atoms with Gasteiger partial charge in [0.2, 0.25) is 0 Å². The standard InChI is InChI=1S/C10H8BrF4NO2/c11-6-4-7(12)8(16)3-5(6)9(17)18-2-1-10(13,14)15/h3-4H,1-2,16H2. The molecule has 1 rings (SSSR count). The molecule has 0 heterocycles. The molecule has 0 unspecified atom stereocenters. The maximum atomic E-state index is 13.0. The molecule has 100 valence electrons. The topological polar surface area (TPSA) is 52.3 Å². The summed E-state index contributed by atoms with van der Waals surface area (Å²) >= 11 is 2.89. The number of carbonyl (C=O) groups excluding carboxylic acids is 1. The molecule has 2 N–H and O–H groups in total. The van der Waals surface area contributed by atoms with Crippen LogP contribution < -0.4 is 5.73 Å². The number of nitrogen functional groups attached to an aromatic ring is 1. The minimum Gasteiger partial charge on any atom is -0.462 e. The van der Waals surface area contributed by atoms with E-state index in [1.807, 2.05) is 0 Å². The van der Waals surface area contributed by atoms with Gasteiger partial charge in [-0.25, -0.2) is 9.18 Å². The van der Waals surface area contributed by atoms with Crippen molar-refractivity contribution in [1.82, 2.24) is 0 Å². The lowest BCUT2D eigenvalue weighted by atomic mass is 10.2. The SMILES string of the molecule is Nc1cc(C(=O)OCCC(F)(F)F)c(Br)cc1F. The maximum absolute atomic E-state index is 13.0. The average molecular weight is 330 g/mol. The molecule has 0 saturated carbocycles. The number of alkyl halides is 3. The third-order valence-corrected chi connectivity index (χ3v) is 2.58. The number of benzene rings is 1. The third-order valence-electron chi connectivity index (χ3n) is 1.92. The lowest BCUT2D eigenvalue weighted by molar-refractivity contribution is -0.141. The molecule has 0 bridgehead atoms. The first-order chi connectivity index (χ1) is 8.20. The zero-order valence-electron chi connectivity index (χ0n) is 8.85. The van der Waals surface area contributed by atoms with Crippen LogP contribution in [0.25, 0.3) is 0 Å². The number of rotatable bonds is 3. The zero-order valence-corrected chi connectivity index (χ0v) is 10.4. The number of ether oxygens (including phenoxy) is 1. The highest BCUT2D eigenvalue weighted by Gasteiger charge is 2.27. The molecule has 0 aliphatic rings. The predicted molar refractivity (Wildman–Crippen MR) is 59.5 cm³/mol. The second-order valence-electron chi connectivity index (χ2n) is 3.35. The fourth-order valence-corrected chi connectivity index (χ4v) is 1.54. The molecular formula is C10H8BrF4NO2. The van der Waals surface area contributed by atoms with Crippen LogP contribution in [0.3, 0.4) is 0 Å². The third kappa shape index (κ3) is 4.17. The van der Waals surface area contributed by atoms with Crippen LogP contribution in [0.5, 0.6) is 0 Å². The van der Waals surface area contributed by atoms with Crippen LogP contribution in [0, 0.1) is 5.82 Å². The summed E-state index contributed by atoms with van der Waals surface area (Å²) in [5.74, 6) is -1.74. The van der Waals surface area contributed by atoms with Gasteiger partial charge in [-0.05, 0) is 28.1 Å². The summed E-state index contributed by atoms with van der Waals surface area (Å²) in [5.41, 5.74) is 4.82. The Bertz CT molecular complexity index is 462. The summed E-state index contributed by atoms with van der Waals surface area (Å²) in [5, 5.41) is 0. The van der Waals surface area contributed by atoms with Gasteiger partial charge in [-0.15, -0.1) is 0 Å². The van der Waals surface area contributed by atoms with E-state index in [4.69, 9.17) is 5.73 Å². The van der Waals surface area contributed by atoms with Crippen molar-refractivity contribution in [2.45, 2.75) is 12.6 Å². The summed E-state index contributed by atoms with van der Waals surface area (Å²) in [6.07, 6.45) is -5.65. The average Bonchev–Trinajstić information content (AvgIpc) is 2.21. The number of hydrogen-bond acceptors (Lipinski definition) is 3. The fraction of sp³-hybridized carbons (Fsp3) is 0.300. The Balaban J connectivity index is 2.70. The summed E-state index contributed by atoms with van der Waals surface area (Å²) in [6.45, 7) is -0.800. The van der Waals surface area contributed by atoms with Crippen molar-refractivity contribution < 1.29 is 27.1 Å². The minimum absolute atomic E-state index is 0.0613. The number of nitrogens with two attached hydrogens (primary N) is 1. The van der Waals surface area contributed by atoms with E-state index in [1.165, 1.54) is 0 Å². The molecule has 1 aromatic carbocycles. The summed E-state index contributed by atoms with van der Waals surface area (Å²) in [6, 6.07) is 1.94. The summed E-state index contributed by atoms with van der Waals surface area (Å²) < 4.78 is 53.0. The van der Waals surface area contributed by atoms with Gasteiger partial charge in [-0.3, -0.25) is 0 Å². The lowest BCUT2D eigenvalue weighted by Gasteiger charge is -2.09. The first-order valence-electron chi connectivity index (χ1n) is 4.69. The van der Waals surface area contributed by atoms with Crippen molar-refractivity contribution in [3.63, 3.8) is 0 Å². The van der Waals surface area contributed by atoms with E-state index >= 15 is 0 Å². The second-order valence-corrected chi connectivity index (χ2v) is 4.21. The Labute approximate surface area is 108 Å². The van der Waals surface area contributed by atoms with E-state index in [-0.39, 0.29) is 15.7 Å². The Hall–Kier alpha value is -1.31. The van der Waals surface area contributed by atoms with Gasteiger partial charge in [-0.2, -0.15) is 13.2 Å². The summed E-state index contributed by atoms with van der Waals surface area (Å²) in [7, 11) is 0. The van der Waals surface area contributed by atoms with Crippen molar-refractivity contribution in [1.29, 1.82) is 0 Å². The van der Waals surface area contributed by atoms with Crippen molar-refractivity contribution in [2.75, 3.05) is 12.3 Å². The molecule has 0 fully saturated rings. The molecule has 18 heavy (non-hydrogen) atoms. The molecule has 3 nitrogen and oxygen atoms in total. The Morgan fingerprint density at radius 2 is 2.00 bits per heavy atom.